The molecule has 128 valence electrons. The SMILES string of the molecule is Cc1cc(NCC(O)CN2CCCC2)nc(-c2ccccc2O)n1. The average Bonchev–Trinajstić information content (AvgIpc) is 3.06. The van der Waals surface area contributed by atoms with Crippen LogP contribution in [-0.4, -0.2) is 57.4 Å². The molecule has 0 bridgehead atoms. The Morgan fingerprint density at radius 3 is 2.71 bits per heavy atom. The lowest BCUT2D eigenvalue weighted by Gasteiger charge is -2.20. The van der Waals surface area contributed by atoms with Crippen LogP contribution >= 0.6 is 0 Å². The van der Waals surface area contributed by atoms with Crippen LogP contribution in [0, 0.1) is 6.92 Å². The molecule has 1 aromatic carbocycles. The lowest BCUT2D eigenvalue weighted by Crippen LogP contribution is -2.34. The van der Waals surface area contributed by atoms with Gasteiger partial charge in [0.15, 0.2) is 5.82 Å². The van der Waals surface area contributed by atoms with E-state index in [2.05, 4.69) is 20.2 Å². The number of aromatic nitrogens is 2. The van der Waals surface area contributed by atoms with Crippen LogP contribution in [0.4, 0.5) is 5.82 Å². The first-order valence-corrected chi connectivity index (χ1v) is 8.40. The van der Waals surface area contributed by atoms with Crippen molar-refractivity contribution in [3.05, 3.63) is 36.0 Å². The number of nitrogens with one attached hydrogen (secondary N) is 1. The van der Waals surface area contributed by atoms with Crippen LogP contribution in [0.1, 0.15) is 18.5 Å². The van der Waals surface area contributed by atoms with Gasteiger partial charge in [-0.3, -0.25) is 0 Å². The van der Waals surface area contributed by atoms with Crippen LogP contribution < -0.4 is 5.32 Å². The quantitative estimate of drug-likeness (QED) is 0.753. The molecule has 3 rings (SSSR count). The number of phenols is 1. The van der Waals surface area contributed by atoms with E-state index in [4.69, 9.17) is 0 Å². The van der Waals surface area contributed by atoms with Gasteiger partial charge in [0.2, 0.25) is 0 Å². The van der Waals surface area contributed by atoms with Crippen LogP contribution in [-0.2, 0) is 0 Å². The van der Waals surface area contributed by atoms with Gasteiger partial charge in [0.1, 0.15) is 11.6 Å². The molecule has 1 saturated heterocycles. The topological polar surface area (TPSA) is 81.5 Å². The van der Waals surface area contributed by atoms with E-state index in [0.717, 1.165) is 18.8 Å². The van der Waals surface area contributed by atoms with Crippen molar-refractivity contribution in [2.45, 2.75) is 25.9 Å². The van der Waals surface area contributed by atoms with Crippen molar-refractivity contribution >= 4 is 5.82 Å². The molecule has 1 aliphatic heterocycles. The molecule has 6 heteroatoms. The number of phenolic OH excluding ortho intramolecular Hbond substituents is 1. The highest BCUT2D eigenvalue weighted by molar-refractivity contribution is 5.64. The lowest BCUT2D eigenvalue weighted by atomic mass is 10.2. The van der Waals surface area contributed by atoms with E-state index < -0.39 is 6.10 Å². The second-order valence-electron chi connectivity index (χ2n) is 6.28. The Kier molecular flexibility index (Phi) is 5.27. The molecule has 1 fully saturated rings. The summed E-state index contributed by atoms with van der Waals surface area (Å²) in [6, 6.07) is 8.85. The van der Waals surface area contributed by atoms with Gasteiger partial charge in [-0.15, -0.1) is 0 Å². The van der Waals surface area contributed by atoms with Gasteiger partial charge in [-0.25, -0.2) is 9.97 Å². The largest absolute Gasteiger partial charge is 0.507 e. The van der Waals surface area contributed by atoms with Crippen molar-refractivity contribution in [3.8, 4) is 17.1 Å². The van der Waals surface area contributed by atoms with Gasteiger partial charge in [0, 0.05) is 24.8 Å². The lowest BCUT2D eigenvalue weighted by molar-refractivity contribution is 0.135. The summed E-state index contributed by atoms with van der Waals surface area (Å²) in [4.78, 5) is 11.1. The zero-order valence-corrected chi connectivity index (χ0v) is 13.9. The van der Waals surface area contributed by atoms with Gasteiger partial charge < -0.3 is 20.4 Å². The highest BCUT2D eigenvalue weighted by Gasteiger charge is 2.16. The van der Waals surface area contributed by atoms with E-state index in [0.29, 0.717) is 30.3 Å². The summed E-state index contributed by atoms with van der Waals surface area (Å²) in [7, 11) is 0. The van der Waals surface area contributed by atoms with E-state index in [1.54, 1.807) is 18.2 Å². The van der Waals surface area contributed by atoms with Gasteiger partial charge in [-0.1, -0.05) is 12.1 Å². The van der Waals surface area contributed by atoms with Crippen molar-refractivity contribution < 1.29 is 10.2 Å². The van der Waals surface area contributed by atoms with E-state index in [-0.39, 0.29) is 5.75 Å². The van der Waals surface area contributed by atoms with Crippen molar-refractivity contribution in [1.82, 2.24) is 14.9 Å². The minimum atomic E-state index is -0.438. The Morgan fingerprint density at radius 2 is 1.96 bits per heavy atom. The first-order valence-electron chi connectivity index (χ1n) is 8.40. The Bertz CT molecular complexity index is 686. The minimum absolute atomic E-state index is 0.156. The number of aromatic hydroxyl groups is 1. The molecule has 0 amide bonds. The fraction of sp³-hybridized carbons (Fsp3) is 0.444. The smallest absolute Gasteiger partial charge is 0.165 e. The van der Waals surface area contributed by atoms with E-state index in [9.17, 15) is 10.2 Å². The third-order valence-corrected chi connectivity index (χ3v) is 4.19. The van der Waals surface area contributed by atoms with Crippen LogP contribution in [0.3, 0.4) is 0 Å². The zero-order chi connectivity index (χ0) is 16.9. The molecular formula is C18H24N4O2. The summed E-state index contributed by atoms with van der Waals surface area (Å²) in [5, 5.41) is 23.3. The summed E-state index contributed by atoms with van der Waals surface area (Å²) < 4.78 is 0. The van der Waals surface area contributed by atoms with E-state index >= 15 is 0 Å². The Balaban J connectivity index is 1.66. The summed E-state index contributed by atoms with van der Waals surface area (Å²) in [6.07, 6.45) is 2.00. The maximum absolute atomic E-state index is 10.2. The highest BCUT2D eigenvalue weighted by Crippen LogP contribution is 2.26. The second-order valence-corrected chi connectivity index (χ2v) is 6.28. The first kappa shape index (κ1) is 16.7. The molecule has 2 heterocycles. The monoisotopic (exact) mass is 328 g/mol. The standard InChI is InChI=1S/C18H24N4O2/c1-13-10-17(19-11-14(23)12-22-8-4-5-9-22)21-18(20-13)15-6-2-3-7-16(15)24/h2-3,6-7,10,14,23-24H,4-5,8-9,11-12H2,1H3,(H,19,20,21). The van der Waals surface area contributed by atoms with Gasteiger partial charge in [-0.2, -0.15) is 0 Å². The molecular weight excluding hydrogens is 304 g/mol. The molecule has 1 aromatic heterocycles. The molecule has 0 spiro atoms. The summed E-state index contributed by atoms with van der Waals surface area (Å²) in [5.41, 5.74) is 1.40. The predicted octanol–water partition coefficient (Wildman–Crippen LogP) is 2.03. The number of aliphatic hydroxyl groups is 1. The fourth-order valence-electron chi connectivity index (χ4n) is 2.99. The Morgan fingerprint density at radius 1 is 1.21 bits per heavy atom. The Hall–Kier alpha value is -2.18. The maximum Gasteiger partial charge on any atom is 0.165 e. The molecule has 2 aromatic rings. The number of benzene rings is 1. The van der Waals surface area contributed by atoms with Gasteiger partial charge in [-0.05, 0) is 45.0 Å². The number of nitrogens with zero attached hydrogens (tertiary/aromatic N) is 3. The molecule has 0 saturated carbocycles. The number of aliphatic hydroxyl groups excluding tert-OH is 1. The number of anilines is 1. The Labute approximate surface area is 142 Å². The number of likely N-dealkylation sites (tertiary alicyclic amines) is 1. The molecule has 1 unspecified atom stereocenters. The van der Waals surface area contributed by atoms with E-state index in [1.165, 1.54) is 12.8 Å². The predicted molar refractivity (Wildman–Crippen MR) is 94.0 cm³/mol. The summed E-state index contributed by atoms with van der Waals surface area (Å²) >= 11 is 0. The molecule has 1 aliphatic rings. The number of β-amino-alcohol motifs (C(OH)–C–C–N with tert-alkyl or cyclic N) is 1. The zero-order valence-electron chi connectivity index (χ0n) is 13.9. The highest BCUT2D eigenvalue weighted by atomic mass is 16.3. The van der Waals surface area contributed by atoms with Crippen molar-refractivity contribution in [1.29, 1.82) is 0 Å². The first-order chi connectivity index (χ1) is 11.6. The van der Waals surface area contributed by atoms with Crippen LogP contribution in [0.2, 0.25) is 0 Å². The second kappa shape index (κ2) is 7.59. The van der Waals surface area contributed by atoms with Gasteiger partial charge in [0.25, 0.3) is 0 Å². The van der Waals surface area contributed by atoms with Crippen molar-refractivity contribution in [3.63, 3.8) is 0 Å². The number of hydrogen-bond acceptors (Lipinski definition) is 6. The van der Waals surface area contributed by atoms with Crippen molar-refractivity contribution in [2.24, 2.45) is 0 Å². The van der Waals surface area contributed by atoms with Gasteiger partial charge in [0.05, 0.1) is 11.7 Å². The molecule has 1 atom stereocenters. The molecule has 6 nitrogen and oxygen atoms in total. The summed E-state index contributed by atoms with van der Waals surface area (Å²) in [6.45, 7) is 5.15. The van der Waals surface area contributed by atoms with E-state index in [1.807, 2.05) is 19.1 Å². The van der Waals surface area contributed by atoms with Crippen LogP contribution in [0.5, 0.6) is 5.75 Å². The average molecular weight is 328 g/mol. The number of rotatable bonds is 6. The number of hydrogen-bond donors (Lipinski definition) is 3. The number of aryl methyl sites for hydroxylation is 1. The third-order valence-electron chi connectivity index (χ3n) is 4.19. The minimum Gasteiger partial charge on any atom is -0.507 e. The van der Waals surface area contributed by atoms with Crippen molar-refractivity contribution in [2.75, 3.05) is 31.5 Å². The normalized spacial score (nSPS) is 16.2. The number of para-hydroxylation sites is 1. The van der Waals surface area contributed by atoms with Gasteiger partial charge >= 0.3 is 0 Å². The molecule has 0 radical (unpaired) electrons. The molecule has 24 heavy (non-hydrogen) atoms. The fourth-order valence-corrected chi connectivity index (χ4v) is 2.99. The molecule has 0 aliphatic carbocycles. The maximum atomic E-state index is 10.2. The molecule has 3 N–H and O–H groups in total. The summed E-state index contributed by atoms with van der Waals surface area (Å²) in [5.74, 6) is 1.29. The third kappa shape index (κ3) is 4.21. The van der Waals surface area contributed by atoms with Crippen LogP contribution in [0.25, 0.3) is 11.4 Å². The van der Waals surface area contributed by atoms with Crippen LogP contribution in [0.15, 0.2) is 30.3 Å².